The third kappa shape index (κ3) is 2.30. The smallest absolute Gasteiger partial charge is 0.313 e. The van der Waals surface area contributed by atoms with Gasteiger partial charge in [-0.25, -0.2) is 0 Å². The summed E-state index contributed by atoms with van der Waals surface area (Å²) in [5.74, 6) is -0.658. The molecule has 0 N–H and O–H groups in total. The highest BCUT2D eigenvalue weighted by Gasteiger charge is 2.25. The molecule has 0 aliphatic carbocycles. The Labute approximate surface area is 70.8 Å². The third-order valence-corrected chi connectivity index (χ3v) is 1.84. The molecule has 0 amide bonds. The molecule has 1 saturated heterocycles. The molecule has 1 aliphatic rings. The van der Waals surface area contributed by atoms with E-state index in [1.807, 2.05) is 0 Å². The van der Waals surface area contributed by atoms with E-state index < -0.39 is 5.97 Å². The number of ketones is 1. The molecular weight excluding hydrogens is 160 g/mol. The van der Waals surface area contributed by atoms with Crippen LogP contribution in [0.4, 0.5) is 0 Å². The van der Waals surface area contributed by atoms with Gasteiger partial charge in [-0.15, -0.1) is 0 Å². The van der Waals surface area contributed by atoms with Gasteiger partial charge in [0, 0.05) is 6.61 Å². The first kappa shape index (κ1) is 9.19. The van der Waals surface area contributed by atoms with E-state index in [0.29, 0.717) is 6.61 Å². The fourth-order valence-corrected chi connectivity index (χ4v) is 1.16. The Kier molecular flexibility index (Phi) is 3.22. The van der Waals surface area contributed by atoms with Gasteiger partial charge in [0.25, 0.3) is 0 Å². The van der Waals surface area contributed by atoms with Crippen LogP contribution in [0, 0.1) is 0 Å². The summed E-state index contributed by atoms with van der Waals surface area (Å²) in [4.78, 5) is 21.9. The molecule has 1 atom stereocenters. The second kappa shape index (κ2) is 4.21. The van der Waals surface area contributed by atoms with Crippen molar-refractivity contribution in [2.24, 2.45) is 0 Å². The molecule has 1 unspecified atom stereocenters. The van der Waals surface area contributed by atoms with Crippen molar-refractivity contribution in [2.45, 2.75) is 25.4 Å². The van der Waals surface area contributed by atoms with Gasteiger partial charge < -0.3 is 9.47 Å². The number of hydrogen-bond donors (Lipinski definition) is 0. The SMILES string of the molecule is COC(=O)CC(=O)C1CCCO1. The van der Waals surface area contributed by atoms with Gasteiger partial charge in [0.2, 0.25) is 0 Å². The summed E-state index contributed by atoms with van der Waals surface area (Å²) in [7, 11) is 1.27. The van der Waals surface area contributed by atoms with Gasteiger partial charge in [-0.2, -0.15) is 0 Å². The summed E-state index contributed by atoms with van der Waals surface area (Å²) >= 11 is 0. The summed E-state index contributed by atoms with van der Waals surface area (Å²) in [5.41, 5.74) is 0. The molecule has 0 aromatic carbocycles. The van der Waals surface area contributed by atoms with Crippen molar-refractivity contribution in [3.8, 4) is 0 Å². The Morgan fingerprint density at radius 3 is 2.83 bits per heavy atom. The minimum Gasteiger partial charge on any atom is -0.469 e. The van der Waals surface area contributed by atoms with Crippen LogP contribution in [0.25, 0.3) is 0 Å². The number of ether oxygens (including phenoxy) is 2. The molecule has 1 aliphatic heterocycles. The van der Waals surface area contributed by atoms with Crippen LogP contribution in [-0.4, -0.2) is 31.6 Å². The van der Waals surface area contributed by atoms with E-state index in [1.165, 1.54) is 7.11 Å². The lowest BCUT2D eigenvalue weighted by Crippen LogP contribution is -2.22. The Balaban J connectivity index is 2.32. The van der Waals surface area contributed by atoms with Crippen LogP contribution < -0.4 is 0 Å². The number of Topliss-reactive ketones (excluding diaryl/α,β-unsaturated/α-hetero) is 1. The lowest BCUT2D eigenvalue weighted by atomic mass is 10.1. The molecule has 0 bridgehead atoms. The van der Waals surface area contributed by atoms with Crippen molar-refractivity contribution < 1.29 is 19.1 Å². The normalized spacial score (nSPS) is 22.2. The monoisotopic (exact) mass is 172 g/mol. The minimum absolute atomic E-state index is 0.166. The molecular formula is C8H12O4. The number of rotatable bonds is 3. The van der Waals surface area contributed by atoms with Gasteiger partial charge in [-0.1, -0.05) is 0 Å². The van der Waals surface area contributed by atoms with E-state index in [4.69, 9.17) is 4.74 Å². The lowest BCUT2D eigenvalue weighted by molar-refractivity contribution is -0.145. The van der Waals surface area contributed by atoms with Gasteiger partial charge in [0.05, 0.1) is 7.11 Å². The van der Waals surface area contributed by atoms with E-state index >= 15 is 0 Å². The van der Waals surface area contributed by atoms with Gasteiger partial charge in [-0.3, -0.25) is 9.59 Å². The van der Waals surface area contributed by atoms with Crippen LogP contribution in [0.5, 0.6) is 0 Å². The zero-order chi connectivity index (χ0) is 8.97. The average Bonchev–Trinajstić information content (AvgIpc) is 2.56. The third-order valence-electron chi connectivity index (χ3n) is 1.84. The maximum Gasteiger partial charge on any atom is 0.313 e. The molecule has 0 aromatic rings. The summed E-state index contributed by atoms with van der Waals surface area (Å²) in [5, 5.41) is 0. The van der Waals surface area contributed by atoms with Crippen LogP contribution in [0.2, 0.25) is 0 Å². The molecule has 1 fully saturated rings. The lowest BCUT2D eigenvalue weighted by Gasteiger charge is -2.05. The average molecular weight is 172 g/mol. The van der Waals surface area contributed by atoms with Gasteiger partial charge in [0.1, 0.15) is 12.5 Å². The molecule has 12 heavy (non-hydrogen) atoms. The predicted octanol–water partition coefficient (Wildman–Crippen LogP) is 0.298. The first-order valence-corrected chi connectivity index (χ1v) is 3.95. The standard InChI is InChI=1S/C8H12O4/c1-11-8(10)5-6(9)7-3-2-4-12-7/h7H,2-5H2,1H3. The number of carbonyl (C=O) groups is 2. The summed E-state index contributed by atoms with van der Waals surface area (Å²) in [6, 6.07) is 0. The van der Waals surface area contributed by atoms with Crippen molar-refractivity contribution in [3.05, 3.63) is 0 Å². The van der Waals surface area contributed by atoms with Crippen molar-refractivity contribution in [1.82, 2.24) is 0 Å². The van der Waals surface area contributed by atoms with E-state index in [2.05, 4.69) is 4.74 Å². The van der Waals surface area contributed by atoms with Crippen molar-refractivity contribution in [1.29, 1.82) is 0 Å². The summed E-state index contributed by atoms with van der Waals surface area (Å²) < 4.78 is 9.47. The molecule has 0 radical (unpaired) electrons. The molecule has 4 nitrogen and oxygen atoms in total. The molecule has 4 heteroatoms. The van der Waals surface area contributed by atoms with Crippen LogP contribution in [0.15, 0.2) is 0 Å². The van der Waals surface area contributed by atoms with Gasteiger partial charge in [0.15, 0.2) is 5.78 Å². The highest BCUT2D eigenvalue weighted by Crippen LogP contribution is 2.14. The van der Waals surface area contributed by atoms with E-state index in [-0.39, 0.29) is 18.3 Å². The van der Waals surface area contributed by atoms with Crippen LogP contribution in [-0.2, 0) is 19.1 Å². The number of hydrogen-bond acceptors (Lipinski definition) is 4. The first-order valence-electron chi connectivity index (χ1n) is 3.95. The number of methoxy groups -OCH3 is 1. The molecule has 0 aromatic heterocycles. The van der Waals surface area contributed by atoms with Crippen molar-refractivity contribution in [2.75, 3.05) is 13.7 Å². The highest BCUT2D eigenvalue weighted by atomic mass is 16.5. The zero-order valence-corrected chi connectivity index (χ0v) is 7.04. The Bertz CT molecular complexity index is 181. The highest BCUT2D eigenvalue weighted by molar-refractivity contribution is 5.98. The second-order valence-electron chi connectivity index (χ2n) is 2.72. The summed E-state index contributed by atoms with van der Waals surface area (Å²) in [6.07, 6.45) is 1.10. The maximum atomic E-state index is 11.2. The number of carbonyl (C=O) groups excluding carboxylic acids is 2. The van der Waals surface area contributed by atoms with E-state index in [0.717, 1.165) is 12.8 Å². The quantitative estimate of drug-likeness (QED) is 0.453. The maximum absolute atomic E-state index is 11.2. The van der Waals surface area contributed by atoms with Crippen molar-refractivity contribution in [3.63, 3.8) is 0 Å². The van der Waals surface area contributed by atoms with Gasteiger partial charge in [-0.05, 0) is 12.8 Å². The molecule has 0 saturated carbocycles. The van der Waals surface area contributed by atoms with Crippen LogP contribution in [0.3, 0.4) is 0 Å². The zero-order valence-electron chi connectivity index (χ0n) is 7.04. The summed E-state index contributed by atoms with van der Waals surface area (Å²) in [6.45, 7) is 0.623. The molecule has 68 valence electrons. The molecule has 1 rings (SSSR count). The predicted molar refractivity (Wildman–Crippen MR) is 40.6 cm³/mol. The van der Waals surface area contributed by atoms with Crippen molar-refractivity contribution >= 4 is 11.8 Å². The second-order valence-corrected chi connectivity index (χ2v) is 2.72. The largest absolute Gasteiger partial charge is 0.469 e. The van der Waals surface area contributed by atoms with Crippen LogP contribution >= 0.6 is 0 Å². The van der Waals surface area contributed by atoms with Gasteiger partial charge >= 0.3 is 5.97 Å². The van der Waals surface area contributed by atoms with E-state index in [1.54, 1.807) is 0 Å². The Morgan fingerprint density at radius 2 is 2.33 bits per heavy atom. The molecule has 0 spiro atoms. The first-order chi connectivity index (χ1) is 5.74. The Hall–Kier alpha value is -0.900. The Morgan fingerprint density at radius 1 is 1.58 bits per heavy atom. The fraction of sp³-hybridized carbons (Fsp3) is 0.750. The minimum atomic E-state index is -0.490. The number of esters is 1. The van der Waals surface area contributed by atoms with Crippen LogP contribution in [0.1, 0.15) is 19.3 Å². The fourth-order valence-electron chi connectivity index (χ4n) is 1.16. The van der Waals surface area contributed by atoms with E-state index in [9.17, 15) is 9.59 Å². The topological polar surface area (TPSA) is 52.6 Å². The molecule has 1 heterocycles.